The molecule has 0 saturated carbocycles. The molecule has 9 heteroatoms. The van der Waals surface area contributed by atoms with Gasteiger partial charge in [0.25, 0.3) is 0 Å². The van der Waals surface area contributed by atoms with E-state index in [4.69, 9.17) is 9.97 Å². The van der Waals surface area contributed by atoms with Crippen LogP contribution in [-0.4, -0.2) is 53.2 Å². The third-order valence-corrected chi connectivity index (χ3v) is 7.04. The van der Waals surface area contributed by atoms with Gasteiger partial charge in [-0.05, 0) is 74.2 Å². The molecule has 0 bridgehead atoms. The molecule has 0 amide bonds. The predicted molar refractivity (Wildman–Crippen MR) is 143 cm³/mol. The fourth-order valence-corrected chi connectivity index (χ4v) is 5.14. The first-order valence-corrected chi connectivity index (χ1v) is 12.6. The summed E-state index contributed by atoms with van der Waals surface area (Å²) in [4.78, 5) is 26.6. The maximum absolute atomic E-state index is 4.99. The second kappa shape index (κ2) is 9.18. The van der Waals surface area contributed by atoms with Gasteiger partial charge in [-0.3, -0.25) is 20.1 Å². The minimum Gasteiger partial charge on any atom is -0.335 e. The topological polar surface area (TPSA) is 121 Å². The Kier molecular flexibility index (Phi) is 5.40. The molecule has 6 aromatic rings. The molecule has 0 aromatic carbocycles. The average Bonchev–Trinajstić information content (AvgIpc) is 3.58. The molecule has 37 heavy (non-hydrogen) atoms. The number of fused-ring (bicyclic) bond motifs is 2. The van der Waals surface area contributed by atoms with Crippen molar-refractivity contribution >= 4 is 22.1 Å². The highest BCUT2D eigenvalue weighted by atomic mass is 15.2. The molecule has 6 aromatic heterocycles. The van der Waals surface area contributed by atoms with Crippen LogP contribution in [-0.2, 0) is 6.42 Å². The number of pyridine rings is 4. The van der Waals surface area contributed by atoms with Crippen molar-refractivity contribution in [2.75, 3.05) is 13.1 Å². The standard InChI is InChI=1S/C28H25N9/c1-2-8-32-22(3-1)20-15-31-16-24-25(20)35-28(34-24)27-26-23(36-37-27)5-4-21(33-26)19-12-18(13-30-14-19)11-17-6-9-29-10-7-17/h1-5,8,12-17,29H,6-7,9-11H2,(H,34,35)(H,36,37). The summed E-state index contributed by atoms with van der Waals surface area (Å²) in [6, 6.07) is 12.0. The van der Waals surface area contributed by atoms with Crippen molar-refractivity contribution in [1.82, 2.24) is 45.4 Å². The predicted octanol–water partition coefficient (Wildman–Crippen LogP) is 4.56. The molecule has 0 spiro atoms. The first kappa shape index (κ1) is 21.8. The van der Waals surface area contributed by atoms with Gasteiger partial charge in [0.2, 0.25) is 0 Å². The smallest absolute Gasteiger partial charge is 0.161 e. The third kappa shape index (κ3) is 4.13. The number of rotatable bonds is 5. The maximum Gasteiger partial charge on any atom is 0.161 e. The lowest BCUT2D eigenvalue weighted by atomic mass is 9.91. The van der Waals surface area contributed by atoms with Crippen LogP contribution in [0.3, 0.4) is 0 Å². The van der Waals surface area contributed by atoms with Crippen molar-refractivity contribution in [2.24, 2.45) is 5.92 Å². The molecule has 0 unspecified atom stereocenters. The Morgan fingerprint density at radius 1 is 0.838 bits per heavy atom. The van der Waals surface area contributed by atoms with Gasteiger partial charge in [0.05, 0.1) is 28.6 Å². The summed E-state index contributed by atoms with van der Waals surface area (Å²) in [5.41, 5.74) is 8.70. The maximum atomic E-state index is 4.99. The number of H-pyrrole nitrogens is 2. The van der Waals surface area contributed by atoms with Crippen molar-refractivity contribution in [3.63, 3.8) is 0 Å². The molecule has 0 atom stereocenters. The van der Waals surface area contributed by atoms with Gasteiger partial charge in [0, 0.05) is 35.9 Å². The number of aromatic nitrogens is 8. The fraction of sp³-hybridized carbons (Fsp3) is 0.214. The summed E-state index contributed by atoms with van der Waals surface area (Å²) in [5.74, 6) is 1.33. The molecule has 9 nitrogen and oxygen atoms in total. The van der Waals surface area contributed by atoms with Crippen LogP contribution in [0.4, 0.5) is 0 Å². The molecule has 1 aliphatic heterocycles. The van der Waals surface area contributed by atoms with Crippen LogP contribution in [0.5, 0.6) is 0 Å². The summed E-state index contributed by atoms with van der Waals surface area (Å²) in [7, 11) is 0. The van der Waals surface area contributed by atoms with Crippen molar-refractivity contribution in [2.45, 2.75) is 19.3 Å². The van der Waals surface area contributed by atoms with E-state index in [1.54, 1.807) is 18.6 Å². The van der Waals surface area contributed by atoms with Crippen LogP contribution in [0.25, 0.3) is 56.1 Å². The van der Waals surface area contributed by atoms with Crippen molar-refractivity contribution in [3.8, 4) is 34.0 Å². The zero-order chi connectivity index (χ0) is 24.6. The number of imidazole rings is 1. The Hall–Kier alpha value is -4.50. The molecule has 1 aliphatic rings. The van der Waals surface area contributed by atoms with E-state index in [1.807, 2.05) is 42.7 Å². The molecule has 1 fully saturated rings. The number of hydrogen-bond donors (Lipinski definition) is 3. The highest BCUT2D eigenvalue weighted by Gasteiger charge is 2.18. The minimum atomic E-state index is 0.633. The number of aromatic amines is 2. The molecule has 182 valence electrons. The lowest BCUT2D eigenvalue weighted by Gasteiger charge is -2.22. The summed E-state index contributed by atoms with van der Waals surface area (Å²) in [6.07, 6.45) is 12.7. The first-order chi connectivity index (χ1) is 18.3. The van der Waals surface area contributed by atoms with Gasteiger partial charge >= 0.3 is 0 Å². The fourth-order valence-electron chi connectivity index (χ4n) is 5.14. The normalized spacial score (nSPS) is 14.5. The Labute approximate surface area is 212 Å². The van der Waals surface area contributed by atoms with Crippen LogP contribution in [0, 0.1) is 5.92 Å². The van der Waals surface area contributed by atoms with E-state index in [-0.39, 0.29) is 0 Å². The van der Waals surface area contributed by atoms with Gasteiger partial charge in [-0.15, -0.1) is 0 Å². The molecule has 1 saturated heterocycles. The summed E-state index contributed by atoms with van der Waals surface area (Å²) in [6.45, 7) is 2.20. The molecule has 7 rings (SSSR count). The van der Waals surface area contributed by atoms with E-state index < -0.39 is 0 Å². The number of nitrogens with zero attached hydrogens (tertiary/aromatic N) is 6. The van der Waals surface area contributed by atoms with E-state index in [0.717, 1.165) is 64.1 Å². The lowest BCUT2D eigenvalue weighted by Crippen LogP contribution is -2.28. The number of piperidine rings is 1. The molecular weight excluding hydrogens is 462 g/mol. The summed E-state index contributed by atoms with van der Waals surface area (Å²) in [5, 5.41) is 11.1. The Morgan fingerprint density at radius 2 is 1.76 bits per heavy atom. The van der Waals surface area contributed by atoms with E-state index in [0.29, 0.717) is 17.4 Å². The number of nitrogens with one attached hydrogen (secondary N) is 3. The minimum absolute atomic E-state index is 0.633. The van der Waals surface area contributed by atoms with Crippen LogP contribution < -0.4 is 5.32 Å². The average molecular weight is 488 g/mol. The van der Waals surface area contributed by atoms with Gasteiger partial charge in [-0.2, -0.15) is 5.10 Å². The van der Waals surface area contributed by atoms with Gasteiger partial charge < -0.3 is 10.3 Å². The molecular formula is C28H25N9. The summed E-state index contributed by atoms with van der Waals surface area (Å²) >= 11 is 0. The van der Waals surface area contributed by atoms with Gasteiger partial charge in [-0.25, -0.2) is 9.97 Å². The van der Waals surface area contributed by atoms with Crippen LogP contribution in [0.1, 0.15) is 18.4 Å². The molecule has 7 heterocycles. The van der Waals surface area contributed by atoms with Crippen molar-refractivity contribution in [1.29, 1.82) is 0 Å². The lowest BCUT2D eigenvalue weighted by molar-refractivity contribution is 0.372. The van der Waals surface area contributed by atoms with Crippen molar-refractivity contribution in [3.05, 3.63) is 72.9 Å². The zero-order valence-corrected chi connectivity index (χ0v) is 20.1. The van der Waals surface area contributed by atoms with Crippen LogP contribution in [0.15, 0.2) is 67.4 Å². The third-order valence-electron chi connectivity index (χ3n) is 7.04. The molecule has 0 aliphatic carbocycles. The quantitative estimate of drug-likeness (QED) is 0.326. The first-order valence-electron chi connectivity index (χ1n) is 12.6. The van der Waals surface area contributed by atoms with Crippen LogP contribution in [0.2, 0.25) is 0 Å². The van der Waals surface area contributed by atoms with E-state index >= 15 is 0 Å². The SMILES string of the molecule is c1ccc(-c2cncc3[nH]c(-c4n[nH]c5ccc(-c6cncc(CC7CCNCC7)c6)nc45)nc23)nc1. The summed E-state index contributed by atoms with van der Waals surface area (Å²) < 4.78 is 0. The van der Waals surface area contributed by atoms with E-state index in [9.17, 15) is 0 Å². The van der Waals surface area contributed by atoms with Gasteiger partial charge in [0.15, 0.2) is 11.5 Å². The molecule has 0 radical (unpaired) electrons. The Bertz CT molecular complexity index is 1700. The van der Waals surface area contributed by atoms with E-state index in [1.165, 1.54) is 18.4 Å². The second-order valence-electron chi connectivity index (χ2n) is 9.53. The Morgan fingerprint density at radius 3 is 2.65 bits per heavy atom. The Balaban J connectivity index is 1.26. The largest absolute Gasteiger partial charge is 0.335 e. The van der Waals surface area contributed by atoms with E-state index in [2.05, 4.69) is 41.5 Å². The highest BCUT2D eigenvalue weighted by molar-refractivity contribution is 5.95. The monoisotopic (exact) mass is 487 g/mol. The molecule has 3 N–H and O–H groups in total. The van der Waals surface area contributed by atoms with Gasteiger partial charge in [0.1, 0.15) is 11.0 Å². The van der Waals surface area contributed by atoms with Gasteiger partial charge in [-0.1, -0.05) is 6.07 Å². The zero-order valence-electron chi connectivity index (χ0n) is 20.1. The highest BCUT2D eigenvalue weighted by Crippen LogP contribution is 2.31. The van der Waals surface area contributed by atoms with Crippen LogP contribution >= 0.6 is 0 Å². The second-order valence-corrected chi connectivity index (χ2v) is 9.53. The van der Waals surface area contributed by atoms with Crippen molar-refractivity contribution < 1.29 is 0 Å². The number of hydrogen-bond acceptors (Lipinski definition) is 7.